The van der Waals surface area contributed by atoms with Gasteiger partial charge in [-0.3, -0.25) is 0 Å². The van der Waals surface area contributed by atoms with Crippen LogP contribution in [0.15, 0.2) is 34.3 Å². The molecule has 18 heavy (non-hydrogen) atoms. The zero-order valence-corrected chi connectivity index (χ0v) is 10.5. The molecule has 0 aliphatic rings. The lowest BCUT2D eigenvalue weighted by Crippen LogP contribution is -2.34. The second kappa shape index (κ2) is 5.78. The molecule has 0 aliphatic carbocycles. The fourth-order valence-electron chi connectivity index (χ4n) is 1.13. The van der Waals surface area contributed by atoms with Gasteiger partial charge in [-0.15, -0.1) is 0 Å². The van der Waals surface area contributed by atoms with Crippen LogP contribution in [0.4, 0.5) is 4.39 Å². The van der Waals surface area contributed by atoms with E-state index in [0.29, 0.717) is 0 Å². The van der Waals surface area contributed by atoms with Gasteiger partial charge in [-0.1, -0.05) is 12.1 Å². The van der Waals surface area contributed by atoms with Gasteiger partial charge < -0.3 is 10.9 Å². The Hall–Kier alpha value is -1.67. The molecule has 0 bridgehead atoms. The molecule has 8 heteroatoms. The SMILES string of the molecule is CC(CNS(=O)(=O)c1ccc(F)cc1)C(N)=NO. The van der Waals surface area contributed by atoms with Gasteiger partial charge >= 0.3 is 0 Å². The van der Waals surface area contributed by atoms with E-state index in [-0.39, 0.29) is 17.3 Å². The molecule has 0 radical (unpaired) electrons. The fraction of sp³-hybridized carbons (Fsp3) is 0.300. The number of nitrogens with two attached hydrogens (primary N) is 1. The second-order valence-electron chi connectivity index (χ2n) is 3.73. The van der Waals surface area contributed by atoms with E-state index < -0.39 is 21.8 Å². The van der Waals surface area contributed by atoms with Crippen molar-refractivity contribution < 1.29 is 18.0 Å². The van der Waals surface area contributed by atoms with Crippen LogP contribution in [0.25, 0.3) is 0 Å². The highest BCUT2D eigenvalue weighted by Crippen LogP contribution is 2.09. The average molecular weight is 275 g/mol. The van der Waals surface area contributed by atoms with Gasteiger partial charge in [0.15, 0.2) is 0 Å². The Bertz CT molecular complexity index is 528. The van der Waals surface area contributed by atoms with Gasteiger partial charge in [0.1, 0.15) is 11.7 Å². The van der Waals surface area contributed by atoms with E-state index in [1.807, 2.05) is 0 Å². The first-order chi connectivity index (χ1) is 8.36. The Kier molecular flexibility index (Phi) is 4.62. The summed E-state index contributed by atoms with van der Waals surface area (Å²) in [6.07, 6.45) is 0. The van der Waals surface area contributed by atoms with E-state index >= 15 is 0 Å². The number of benzene rings is 1. The molecular weight excluding hydrogens is 261 g/mol. The first kappa shape index (κ1) is 14.4. The van der Waals surface area contributed by atoms with Crippen molar-refractivity contribution in [1.29, 1.82) is 0 Å². The number of halogens is 1. The molecule has 1 aromatic carbocycles. The zero-order valence-electron chi connectivity index (χ0n) is 9.67. The molecule has 0 saturated heterocycles. The minimum absolute atomic E-state index is 0.0183. The smallest absolute Gasteiger partial charge is 0.240 e. The van der Waals surface area contributed by atoms with Crippen LogP contribution in [-0.4, -0.2) is 26.0 Å². The Labute approximate surface area is 104 Å². The first-order valence-electron chi connectivity index (χ1n) is 5.09. The third kappa shape index (κ3) is 3.67. The quantitative estimate of drug-likeness (QED) is 0.315. The van der Waals surface area contributed by atoms with Gasteiger partial charge in [-0.25, -0.2) is 17.5 Å². The summed E-state index contributed by atoms with van der Waals surface area (Å²) in [5.41, 5.74) is 5.32. The summed E-state index contributed by atoms with van der Waals surface area (Å²) in [5.74, 6) is -1.04. The van der Waals surface area contributed by atoms with E-state index in [1.165, 1.54) is 0 Å². The van der Waals surface area contributed by atoms with Crippen molar-refractivity contribution in [3.63, 3.8) is 0 Å². The van der Waals surface area contributed by atoms with Crippen LogP contribution in [-0.2, 0) is 10.0 Å². The maximum atomic E-state index is 12.7. The molecule has 1 aromatic rings. The minimum atomic E-state index is -3.72. The van der Waals surface area contributed by atoms with E-state index in [2.05, 4.69) is 9.88 Å². The number of hydrogen-bond donors (Lipinski definition) is 3. The van der Waals surface area contributed by atoms with Crippen molar-refractivity contribution in [2.75, 3.05) is 6.54 Å². The lowest BCUT2D eigenvalue weighted by molar-refractivity contribution is 0.314. The van der Waals surface area contributed by atoms with Crippen LogP contribution in [0.2, 0.25) is 0 Å². The highest BCUT2D eigenvalue weighted by Gasteiger charge is 2.16. The van der Waals surface area contributed by atoms with Gasteiger partial charge in [-0.2, -0.15) is 0 Å². The van der Waals surface area contributed by atoms with Gasteiger partial charge in [-0.05, 0) is 24.3 Å². The number of nitrogens with zero attached hydrogens (tertiary/aromatic N) is 1. The third-order valence-corrected chi connectivity index (χ3v) is 3.76. The highest BCUT2D eigenvalue weighted by molar-refractivity contribution is 7.89. The van der Waals surface area contributed by atoms with Crippen molar-refractivity contribution in [3.05, 3.63) is 30.1 Å². The lowest BCUT2D eigenvalue weighted by atomic mass is 10.2. The summed E-state index contributed by atoms with van der Waals surface area (Å²) >= 11 is 0. The average Bonchev–Trinajstić information content (AvgIpc) is 2.35. The zero-order chi connectivity index (χ0) is 13.8. The second-order valence-corrected chi connectivity index (χ2v) is 5.50. The van der Waals surface area contributed by atoms with E-state index in [4.69, 9.17) is 10.9 Å². The minimum Gasteiger partial charge on any atom is -0.409 e. The molecular formula is C10H14FN3O3S. The van der Waals surface area contributed by atoms with Gasteiger partial charge in [0.2, 0.25) is 10.0 Å². The summed E-state index contributed by atoms with van der Waals surface area (Å²) in [6.45, 7) is 1.58. The maximum absolute atomic E-state index is 12.7. The van der Waals surface area contributed by atoms with E-state index in [9.17, 15) is 12.8 Å². The summed E-state index contributed by atoms with van der Waals surface area (Å²) in [4.78, 5) is -0.0457. The van der Waals surface area contributed by atoms with Crippen LogP contribution in [0.3, 0.4) is 0 Å². The molecule has 100 valence electrons. The van der Waals surface area contributed by atoms with Crippen LogP contribution in [0.1, 0.15) is 6.92 Å². The molecule has 0 saturated carbocycles. The summed E-state index contributed by atoms with van der Waals surface area (Å²) in [7, 11) is -3.72. The number of rotatable bonds is 5. The van der Waals surface area contributed by atoms with Crippen molar-refractivity contribution in [3.8, 4) is 0 Å². The molecule has 1 rings (SSSR count). The monoisotopic (exact) mass is 275 g/mol. The number of sulfonamides is 1. The number of nitrogens with one attached hydrogen (secondary N) is 1. The van der Waals surface area contributed by atoms with Crippen molar-refractivity contribution >= 4 is 15.9 Å². The Morgan fingerprint density at radius 3 is 2.56 bits per heavy atom. The number of hydrogen-bond acceptors (Lipinski definition) is 4. The van der Waals surface area contributed by atoms with Crippen molar-refractivity contribution in [1.82, 2.24) is 4.72 Å². The Morgan fingerprint density at radius 1 is 1.50 bits per heavy atom. The van der Waals surface area contributed by atoms with Crippen molar-refractivity contribution in [2.45, 2.75) is 11.8 Å². The highest BCUT2D eigenvalue weighted by atomic mass is 32.2. The van der Waals surface area contributed by atoms with Crippen LogP contribution >= 0.6 is 0 Å². The Balaban J connectivity index is 2.74. The molecule has 0 aromatic heterocycles. The van der Waals surface area contributed by atoms with Crippen LogP contribution in [0.5, 0.6) is 0 Å². The lowest BCUT2D eigenvalue weighted by Gasteiger charge is -2.11. The van der Waals surface area contributed by atoms with Crippen LogP contribution in [0, 0.1) is 11.7 Å². The van der Waals surface area contributed by atoms with Gasteiger partial charge in [0, 0.05) is 12.5 Å². The number of oxime groups is 1. The molecule has 0 fully saturated rings. The molecule has 4 N–H and O–H groups in total. The standard InChI is InChI=1S/C10H14FN3O3S/c1-7(10(12)14-15)6-13-18(16,17)9-4-2-8(11)3-5-9/h2-5,7,13,15H,6H2,1H3,(H2,12,14). The van der Waals surface area contributed by atoms with Crippen molar-refractivity contribution in [2.24, 2.45) is 16.8 Å². The summed E-state index contributed by atoms with van der Waals surface area (Å²) in [6, 6.07) is 4.43. The topological polar surface area (TPSA) is 105 Å². The van der Waals surface area contributed by atoms with Gasteiger partial charge in [0.05, 0.1) is 4.90 Å². The summed E-state index contributed by atoms with van der Waals surface area (Å²) < 4.78 is 38.5. The molecule has 1 atom stereocenters. The molecule has 0 aliphatic heterocycles. The molecule has 6 nitrogen and oxygen atoms in total. The van der Waals surface area contributed by atoms with E-state index in [0.717, 1.165) is 24.3 Å². The predicted molar refractivity (Wildman–Crippen MR) is 64.2 cm³/mol. The normalized spacial score (nSPS) is 14.4. The molecule has 0 spiro atoms. The fourth-order valence-corrected chi connectivity index (χ4v) is 2.27. The predicted octanol–water partition coefficient (Wildman–Crippen LogP) is 0.487. The largest absolute Gasteiger partial charge is 0.409 e. The first-order valence-corrected chi connectivity index (χ1v) is 6.58. The summed E-state index contributed by atoms with van der Waals surface area (Å²) in [5, 5.41) is 11.2. The third-order valence-electron chi connectivity index (χ3n) is 2.32. The Morgan fingerprint density at radius 2 is 2.06 bits per heavy atom. The maximum Gasteiger partial charge on any atom is 0.240 e. The molecule has 1 unspecified atom stereocenters. The van der Waals surface area contributed by atoms with E-state index in [1.54, 1.807) is 6.92 Å². The molecule has 0 amide bonds. The molecule has 0 heterocycles. The number of amidine groups is 1. The van der Waals surface area contributed by atoms with Crippen LogP contribution < -0.4 is 10.5 Å². The van der Waals surface area contributed by atoms with Gasteiger partial charge in [0.25, 0.3) is 0 Å².